The monoisotopic (exact) mass is 347 g/mol. The Morgan fingerprint density at radius 2 is 1.77 bits per heavy atom. The van der Waals surface area contributed by atoms with Crippen molar-refractivity contribution in [1.29, 1.82) is 5.26 Å². The highest BCUT2D eigenvalue weighted by molar-refractivity contribution is 5.96. The predicted molar refractivity (Wildman–Crippen MR) is 97.1 cm³/mol. The first kappa shape index (κ1) is 17.2. The normalized spacial score (nSPS) is 10.3. The lowest BCUT2D eigenvalue weighted by Gasteiger charge is -2.10. The van der Waals surface area contributed by atoms with E-state index in [1.165, 1.54) is 4.68 Å². The summed E-state index contributed by atoms with van der Waals surface area (Å²) in [5.74, 6) is -0.653. The number of carbonyl (C=O) groups is 1. The average Bonchev–Trinajstić information content (AvgIpc) is 2.93. The summed E-state index contributed by atoms with van der Waals surface area (Å²) in [7, 11) is 1.71. The fraction of sp³-hybridized carbons (Fsp3) is 0.150. The van der Waals surface area contributed by atoms with E-state index in [-0.39, 0.29) is 12.2 Å². The van der Waals surface area contributed by atoms with Gasteiger partial charge in [0, 0.05) is 12.6 Å². The maximum Gasteiger partial charge on any atom is 0.346 e. The number of benzene rings is 2. The summed E-state index contributed by atoms with van der Waals surface area (Å²) in [6.45, 7) is 1.88. The van der Waals surface area contributed by atoms with Crippen molar-refractivity contribution in [3.8, 4) is 23.0 Å². The topological polar surface area (TPSA) is 77.0 Å². The second kappa shape index (κ2) is 7.11. The van der Waals surface area contributed by atoms with E-state index in [1.807, 2.05) is 36.4 Å². The van der Waals surface area contributed by atoms with E-state index in [0.717, 1.165) is 5.56 Å². The molecule has 0 aliphatic heterocycles. The van der Waals surface area contributed by atoms with Crippen molar-refractivity contribution in [2.24, 2.45) is 7.05 Å². The minimum Gasteiger partial charge on any atom is -0.462 e. The molecule has 6 nitrogen and oxygen atoms in total. The molecule has 0 radical (unpaired) electrons. The standard InChI is InChI=1S/C20H17N3O3/c1-3-26-20(25)17-18(15-7-5-4-6-8-15)22(2)23(19(17)24)16-11-9-14(13-21)10-12-16/h4-12H,3H2,1-2H3. The van der Waals surface area contributed by atoms with Crippen LogP contribution >= 0.6 is 0 Å². The molecule has 0 fully saturated rings. The Labute approximate surface area is 150 Å². The van der Waals surface area contributed by atoms with E-state index in [9.17, 15) is 9.59 Å². The van der Waals surface area contributed by atoms with Gasteiger partial charge in [0.15, 0.2) is 5.56 Å². The number of rotatable bonds is 4. The molecular weight excluding hydrogens is 330 g/mol. The van der Waals surface area contributed by atoms with Gasteiger partial charge in [-0.2, -0.15) is 5.26 Å². The van der Waals surface area contributed by atoms with Crippen LogP contribution in [0.5, 0.6) is 0 Å². The van der Waals surface area contributed by atoms with Crippen LogP contribution in [0.25, 0.3) is 16.9 Å². The Balaban J connectivity index is 2.28. The maximum absolute atomic E-state index is 13.0. The van der Waals surface area contributed by atoms with Crippen molar-refractivity contribution in [2.45, 2.75) is 6.92 Å². The molecule has 130 valence electrons. The Morgan fingerprint density at radius 1 is 1.12 bits per heavy atom. The lowest BCUT2D eigenvalue weighted by molar-refractivity contribution is 0.0525. The molecule has 3 rings (SSSR count). The first-order chi connectivity index (χ1) is 12.6. The quantitative estimate of drug-likeness (QED) is 0.680. The van der Waals surface area contributed by atoms with Crippen LogP contribution in [-0.4, -0.2) is 21.9 Å². The van der Waals surface area contributed by atoms with Crippen LogP contribution in [0, 0.1) is 11.3 Å². The Bertz CT molecular complexity index is 1040. The number of aromatic nitrogens is 2. The van der Waals surface area contributed by atoms with Crippen molar-refractivity contribution >= 4 is 5.97 Å². The van der Waals surface area contributed by atoms with E-state index in [1.54, 1.807) is 42.9 Å². The van der Waals surface area contributed by atoms with Gasteiger partial charge in [-0.3, -0.25) is 9.48 Å². The van der Waals surface area contributed by atoms with E-state index in [4.69, 9.17) is 10.00 Å². The molecule has 3 aromatic rings. The zero-order valence-corrected chi connectivity index (χ0v) is 14.5. The third kappa shape index (κ3) is 2.91. The first-order valence-corrected chi connectivity index (χ1v) is 8.13. The zero-order chi connectivity index (χ0) is 18.7. The maximum atomic E-state index is 13.0. The van der Waals surface area contributed by atoms with Gasteiger partial charge < -0.3 is 4.74 Å². The van der Waals surface area contributed by atoms with Crippen LogP contribution < -0.4 is 5.56 Å². The van der Waals surface area contributed by atoms with Crippen molar-refractivity contribution in [2.75, 3.05) is 6.61 Å². The van der Waals surface area contributed by atoms with Crippen LogP contribution in [0.2, 0.25) is 0 Å². The van der Waals surface area contributed by atoms with E-state index in [0.29, 0.717) is 16.9 Å². The molecule has 26 heavy (non-hydrogen) atoms. The lowest BCUT2D eigenvalue weighted by atomic mass is 10.1. The second-order valence-electron chi connectivity index (χ2n) is 5.61. The summed E-state index contributed by atoms with van der Waals surface area (Å²) < 4.78 is 8.13. The molecule has 0 saturated heterocycles. The smallest absolute Gasteiger partial charge is 0.346 e. The molecule has 1 aromatic heterocycles. The van der Waals surface area contributed by atoms with Gasteiger partial charge >= 0.3 is 5.97 Å². The predicted octanol–water partition coefficient (Wildman–Crippen LogP) is 2.89. The molecule has 0 aliphatic rings. The molecular formula is C20H17N3O3. The lowest BCUT2D eigenvalue weighted by Crippen LogP contribution is -2.23. The number of nitriles is 1. The number of carbonyl (C=O) groups excluding carboxylic acids is 1. The van der Waals surface area contributed by atoms with Gasteiger partial charge in [-0.05, 0) is 31.2 Å². The average molecular weight is 347 g/mol. The first-order valence-electron chi connectivity index (χ1n) is 8.13. The van der Waals surface area contributed by atoms with Gasteiger partial charge in [0.2, 0.25) is 0 Å². The van der Waals surface area contributed by atoms with Gasteiger partial charge in [0.25, 0.3) is 5.56 Å². The molecule has 2 aromatic carbocycles. The number of hydrogen-bond donors (Lipinski definition) is 0. The third-order valence-electron chi connectivity index (χ3n) is 4.03. The van der Waals surface area contributed by atoms with Gasteiger partial charge in [-0.15, -0.1) is 0 Å². The summed E-state index contributed by atoms with van der Waals surface area (Å²) in [4.78, 5) is 25.5. The fourth-order valence-corrected chi connectivity index (χ4v) is 2.89. The minimum atomic E-state index is -0.653. The molecule has 0 saturated carbocycles. The van der Waals surface area contributed by atoms with Crippen LogP contribution in [0.15, 0.2) is 59.4 Å². The zero-order valence-electron chi connectivity index (χ0n) is 14.5. The molecule has 0 aliphatic carbocycles. The number of esters is 1. The summed E-state index contributed by atoms with van der Waals surface area (Å²) in [6, 6.07) is 17.9. The number of ether oxygens (including phenoxy) is 1. The van der Waals surface area contributed by atoms with E-state index in [2.05, 4.69) is 0 Å². The largest absolute Gasteiger partial charge is 0.462 e. The fourth-order valence-electron chi connectivity index (χ4n) is 2.89. The highest BCUT2D eigenvalue weighted by Crippen LogP contribution is 2.24. The molecule has 0 unspecified atom stereocenters. The number of nitrogens with zero attached hydrogens (tertiary/aromatic N) is 3. The van der Waals surface area contributed by atoms with Gasteiger partial charge in [0.1, 0.15) is 0 Å². The van der Waals surface area contributed by atoms with Crippen LogP contribution in [0.3, 0.4) is 0 Å². The van der Waals surface area contributed by atoms with Gasteiger partial charge in [0.05, 0.1) is 29.6 Å². The van der Waals surface area contributed by atoms with Crippen molar-refractivity contribution in [1.82, 2.24) is 9.36 Å². The van der Waals surface area contributed by atoms with Crippen molar-refractivity contribution in [3.05, 3.63) is 76.1 Å². The molecule has 0 atom stereocenters. The molecule has 0 N–H and O–H groups in total. The van der Waals surface area contributed by atoms with Crippen LogP contribution in [-0.2, 0) is 11.8 Å². The van der Waals surface area contributed by atoms with Crippen molar-refractivity contribution < 1.29 is 9.53 Å². The molecule has 0 amide bonds. The van der Waals surface area contributed by atoms with Crippen molar-refractivity contribution in [3.63, 3.8) is 0 Å². The molecule has 0 spiro atoms. The SMILES string of the molecule is CCOC(=O)c1c(-c2ccccc2)n(C)n(-c2ccc(C#N)cc2)c1=O. The van der Waals surface area contributed by atoms with Gasteiger partial charge in [-0.1, -0.05) is 30.3 Å². The Morgan fingerprint density at radius 3 is 2.35 bits per heavy atom. The Kier molecular flexibility index (Phi) is 4.72. The summed E-state index contributed by atoms with van der Waals surface area (Å²) in [5.41, 5.74) is 1.80. The minimum absolute atomic E-state index is 0.00934. The van der Waals surface area contributed by atoms with Gasteiger partial charge in [-0.25, -0.2) is 9.48 Å². The Hall–Kier alpha value is -3.59. The summed E-state index contributed by atoms with van der Waals surface area (Å²) in [5, 5.41) is 8.95. The second-order valence-corrected chi connectivity index (χ2v) is 5.61. The third-order valence-corrected chi connectivity index (χ3v) is 4.03. The van der Waals surface area contributed by atoms with Crippen LogP contribution in [0.4, 0.5) is 0 Å². The molecule has 1 heterocycles. The summed E-state index contributed by atoms with van der Waals surface area (Å²) in [6.07, 6.45) is 0. The molecule has 6 heteroatoms. The highest BCUT2D eigenvalue weighted by atomic mass is 16.5. The number of hydrogen-bond acceptors (Lipinski definition) is 4. The molecule has 0 bridgehead atoms. The summed E-state index contributed by atoms with van der Waals surface area (Å²) >= 11 is 0. The van der Waals surface area contributed by atoms with E-state index >= 15 is 0 Å². The van der Waals surface area contributed by atoms with E-state index < -0.39 is 11.5 Å². The highest BCUT2D eigenvalue weighted by Gasteiger charge is 2.26. The van der Waals surface area contributed by atoms with Crippen LogP contribution in [0.1, 0.15) is 22.8 Å².